The van der Waals surface area contributed by atoms with Gasteiger partial charge in [-0.2, -0.15) is 0 Å². The highest BCUT2D eigenvalue weighted by atomic mass is 16.5. The first kappa shape index (κ1) is 14.3. The average Bonchev–Trinajstić information content (AvgIpc) is 2.98. The maximum atomic E-state index is 9.65. The molecule has 0 bridgehead atoms. The molecule has 2 heteroatoms. The minimum absolute atomic E-state index is 0.241. The topological polar surface area (TPSA) is 29.5 Å². The Hall–Kier alpha value is -1.64. The molecule has 2 aromatic rings. The molecule has 2 nitrogen and oxygen atoms in total. The summed E-state index contributed by atoms with van der Waals surface area (Å²) in [4.78, 5) is 0. The lowest BCUT2D eigenvalue weighted by atomic mass is 9.89. The molecule has 21 heavy (non-hydrogen) atoms. The van der Waals surface area contributed by atoms with Crippen LogP contribution in [0.1, 0.15) is 29.9 Å². The molecule has 0 heterocycles. The number of hydrogen-bond donors (Lipinski definition) is 1. The van der Waals surface area contributed by atoms with Crippen molar-refractivity contribution in [3.05, 3.63) is 71.8 Å². The molecule has 2 aromatic carbocycles. The van der Waals surface area contributed by atoms with Gasteiger partial charge in [-0.3, -0.25) is 0 Å². The van der Waals surface area contributed by atoms with Gasteiger partial charge in [0.2, 0.25) is 0 Å². The highest BCUT2D eigenvalue weighted by Crippen LogP contribution is 2.41. The van der Waals surface area contributed by atoms with Crippen molar-refractivity contribution >= 4 is 0 Å². The molecule has 1 saturated carbocycles. The monoisotopic (exact) mass is 282 g/mol. The van der Waals surface area contributed by atoms with Crippen LogP contribution in [0.4, 0.5) is 0 Å². The van der Waals surface area contributed by atoms with Crippen molar-refractivity contribution in [2.45, 2.75) is 31.5 Å². The smallest absolute Gasteiger partial charge is 0.0720 e. The van der Waals surface area contributed by atoms with Crippen LogP contribution < -0.4 is 0 Å². The Balaban J connectivity index is 1.62. The highest BCUT2D eigenvalue weighted by molar-refractivity contribution is 5.22. The molecule has 0 radical (unpaired) electrons. The summed E-state index contributed by atoms with van der Waals surface area (Å²) in [6.07, 6.45) is 2.19. The summed E-state index contributed by atoms with van der Waals surface area (Å²) in [7, 11) is 0. The van der Waals surface area contributed by atoms with Crippen LogP contribution in [0, 0.1) is 5.92 Å². The van der Waals surface area contributed by atoms with Gasteiger partial charge >= 0.3 is 0 Å². The molecule has 1 aliphatic rings. The standard InChI is InChI=1S/C19H22O2/c20-13-17-11-18(21-14-15-7-3-1-4-8-15)12-19(17)16-9-5-2-6-10-16/h1-10,17-20H,11-14H2. The molecule has 0 spiro atoms. The van der Waals surface area contributed by atoms with E-state index in [2.05, 4.69) is 36.4 Å². The zero-order valence-corrected chi connectivity index (χ0v) is 12.2. The molecule has 1 N–H and O–H groups in total. The summed E-state index contributed by atoms with van der Waals surface area (Å²) in [6, 6.07) is 20.8. The van der Waals surface area contributed by atoms with E-state index in [4.69, 9.17) is 4.74 Å². The minimum atomic E-state index is 0.241. The van der Waals surface area contributed by atoms with Gasteiger partial charge in [-0.25, -0.2) is 0 Å². The summed E-state index contributed by atoms with van der Waals surface area (Å²) in [5.41, 5.74) is 2.53. The fourth-order valence-corrected chi connectivity index (χ4v) is 3.31. The molecule has 0 aliphatic heterocycles. The number of rotatable bonds is 5. The summed E-state index contributed by atoms with van der Waals surface area (Å²) in [5, 5.41) is 9.65. The van der Waals surface area contributed by atoms with E-state index in [0.29, 0.717) is 18.4 Å². The first-order chi connectivity index (χ1) is 10.4. The molecular formula is C19H22O2. The van der Waals surface area contributed by atoms with Gasteiger partial charge in [0, 0.05) is 6.61 Å². The van der Waals surface area contributed by atoms with Crippen molar-refractivity contribution in [3.8, 4) is 0 Å². The Bertz CT molecular complexity index is 538. The van der Waals surface area contributed by atoms with Crippen LogP contribution in [0.25, 0.3) is 0 Å². The van der Waals surface area contributed by atoms with Crippen LogP contribution in [0.2, 0.25) is 0 Å². The second-order valence-corrected chi connectivity index (χ2v) is 5.85. The molecule has 0 amide bonds. The van der Waals surface area contributed by atoms with E-state index in [1.165, 1.54) is 11.1 Å². The van der Waals surface area contributed by atoms with E-state index >= 15 is 0 Å². The van der Waals surface area contributed by atoms with Gasteiger partial charge < -0.3 is 9.84 Å². The fourth-order valence-electron chi connectivity index (χ4n) is 3.31. The van der Waals surface area contributed by atoms with Gasteiger partial charge in [-0.05, 0) is 35.8 Å². The van der Waals surface area contributed by atoms with Crippen LogP contribution in [0.15, 0.2) is 60.7 Å². The minimum Gasteiger partial charge on any atom is -0.396 e. The normalized spacial score (nSPS) is 25.1. The van der Waals surface area contributed by atoms with E-state index in [-0.39, 0.29) is 12.7 Å². The fraction of sp³-hybridized carbons (Fsp3) is 0.368. The van der Waals surface area contributed by atoms with E-state index in [9.17, 15) is 5.11 Å². The molecule has 1 aliphatic carbocycles. The lowest BCUT2D eigenvalue weighted by molar-refractivity contribution is 0.0404. The lowest BCUT2D eigenvalue weighted by Crippen LogP contribution is -2.10. The van der Waals surface area contributed by atoms with Gasteiger partial charge in [0.15, 0.2) is 0 Å². The number of ether oxygens (including phenoxy) is 1. The van der Waals surface area contributed by atoms with Crippen LogP contribution >= 0.6 is 0 Å². The van der Waals surface area contributed by atoms with Crippen molar-refractivity contribution in [2.75, 3.05) is 6.61 Å². The second-order valence-electron chi connectivity index (χ2n) is 5.85. The van der Waals surface area contributed by atoms with Crippen LogP contribution in [0.3, 0.4) is 0 Å². The number of hydrogen-bond acceptors (Lipinski definition) is 2. The van der Waals surface area contributed by atoms with Gasteiger partial charge in [0.05, 0.1) is 12.7 Å². The number of aliphatic hydroxyl groups excluding tert-OH is 1. The highest BCUT2D eigenvalue weighted by Gasteiger charge is 2.35. The third-order valence-electron chi connectivity index (χ3n) is 4.44. The molecule has 0 saturated heterocycles. The molecule has 3 atom stereocenters. The number of aliphatic hydroxyl groups is 1. The van der Waals surface area contributed by atoms with E-state index in [0.717, 1.165) is 12.8 Å². The zero-order chi connectivity index (χ0) is 14.5. The molecule has 3 rings (SSSR count). The molecule has 110 valence electrons. The van der Waals surface area contributed by atoms with Crippen LogP contribution in [0.5, 0.6) is 0 Å². The van der Waals surface area contributed by atoms with Crippen molar-refractivity contribution in [3.63, 3.8) is 0 Å². The van der Waals surface area contributed by atoms with E-state index in [1.54, 1.807) is 0 Å². The van der Waals surface area contributed by atoms with E-state index < -0.39 is 0 Å². The summed E-state index contributed by atoms with van der Waals surface area (Å²) in [6.45, 7) is 0.899. The maximum Gasteiger partial charge on any atom is 0.0720 e. The van der Waals surface area contributed by atoms with Crippen molar-refractivity contribution in [1.29, 1.82) is 0 Å². The van der Waals surface area contributed by atoms with Crippen LogP contribution in [-0.2, 0) is 11.3 Å². The lowest BCUT2D eigenvalue weighted by Gasteiger charge is -2.16. The first-order valence-electron chi connectivity index (χ1n) is 7.68. The molecule has 1 fully saturated rings. The third kappa shape index (κ3) is 3.52. The summed E-state index contributed by atoms with van der Waals surface area (Å²) < 4.78 is 6.06. The maximum absolute atomic E-state index is 9.65. The van der Waals surface area contributed by atoms with Crippen molar-refractivity contribution < 1.29 is 9.84 Å². The van der Waals surface area contributed by atoms with Crippen molar-refractivity contribution in [1.82, 2.24) is 0 Å². The molecular weight excluding hydrogens is 260 g/mol. The van der Waals surface area contributed by atoms with Crippen molar-refractivity contribution in [2.24, 2.45) is 5.92 Å². The van der Waals surface area contributed by atoms with E-state index in [1.807, 2.05) is 24.3 Å². The largest absolute Gasteiger partial charge is 0.396 e. The quantitative estimate of drug-likeness (QED) is 0.905. The predicted octanol–water partition coefficient (Wildman–Crippen LogP) is 3.76. The second kappa shape index (κ2) is 6.88. The molecule has 3 unspecified atom stereocenters. The summed E-state index contributed by atoms with van der Waals surface area (Å²) in [5.74, 6) is 0.727. The van der Waals surface area contributed by atoms with Crippen LogP contribution in [-0.4, -0.2) is 17.8 Å². The number of benzene rings is 2. The predicted molar refractivity (Wildman–Crippen MR) is 84.0 cm³/mol. The SMILES string of the molecule is OCC1CC(OCc2ccccc2)CC1c1ccccc1. The Kier molecular flexibility index (Phi) is 4.69. The zero-order valence-electron chi connectivity index (χ0n) is 12.2. The first-order valence-corrected chi connectivity index (χ1v) is 7.68. The Morgan fingerprint density at radius 2 is 1.57 bits per heavy atom. The Labute approximate surface area is 126 Å². The van der Waals surface area contributed by atoms with Gasteiger partial charge in [0.1, 0.15) is 0 Å². The van der Waals surface area contributed by atoms with Gasteiger partial charge in [-0.15, -0.1) is 0 Å². The van der Waals surface area contributed by atoms with Gasteiger partial charge in [-0.1, -0.05) is 60.7 Å². The Morgan fingerprint density at radius 1 is 0.905 bits per heavy atom. The third-order valence-corrected chi connectivity index (χ3v) is 4.44. The average molecular weight is 282 g/mol. The van der Waals surface area contributed by atoms with Gasteiger partial charge in [0.25, 0.3) is 0 Å². The summed E-state index contributed by atoms with van der Waals surface area (Å²) >= 11 is 0. The molecule has 0 aromatic heterocycles. The Morgan fingerprint density at radius 3 is 2.24 bits per heavy atom.